The van der Waals surface area contributed by atoms with E-state index in [1.54, 1.807) is 35.4 Å². The first-order valence-electron chi connectivity index (χ1n) is 11.8. The van der Waals surface area contributed by atoms with Crippen molar-refractivity contribution in [2.45, 2.75) is 17.6 Å². The fraction of sp³-hybridized carbons (Fsp3) is 0.133. The SMILES string of the molecule is O=C(c1ccc(Cl)cc1Cl)[C@@H]1[C@@H](c2ccccc2)[C@@]2(COc3ccccc3C2=O)ON1c1ccccc1. The van der Waals surface area contributed by atoms with Gasteiger partial charge in [0.1, 0.15) is 18.4 Å². The number of rotatable bonds is 4. The van der Waals surface area contributed by atoms with Crippen LogP contribution in [0.5, 0.6) is 5.75 Å². The quantitative estimate of drug-likeness (QED) is 0.272. The summed E-state index contributed by atoms with van der Waals surface area (Å²) in [6.45, 7) is -0.0517. The van der Waals surface area contributed by atoms with Crippen molar-refractivity contribution in [3.8, 4) is 5.75 Å². The van der Waals surface area contributed by atoms with Crippen LogP contribution in [0.1, 0.15) is 32.2 Å². The largest absolute Gasteiger partial charge is 0.489 e. The lowest BCUT2D eigenvalue weighted by Gasteiger charge is -2.36. The molecular formula is C30H21Cl2NO4. The van der Waals surface area contributed by atoms with Crippen molar-refractivity contribution in [3.63, 3.8) is 0 Å². The van der Waals surface area contributed by atoms with Gasteiger partial charge in [-0.2, -0.15) is 0 Å². The second kappa shape index (κ2) is 9.34. The highest BCUT2D eigenvalue weighted by atomic mass is 35.5. The van der Waals surface area contributed by atoms with Gasteiger partial charge in [-0.05, 0) is 48.0 Å². The molecule has 2 aliphatic heterocycles. The predicted octanol–water partition coefficient (Wildman–Crippen LogP) is 6.79. The van der Waals surface area contributed by atoms with Gasteiger partial charge in [0.15, 0.2) is 5.78 Å². The number of hydrogen-bond donors (Lipinski definition) is 0. The molecule has 0 saturated carbocycles. The van der Waals surface area contributed by atoms with E-state index in [1.165, 1.54) is 6.07 Å². The van der Waals surface area contributed by atoms with Gasteiger partial charge in [-0.15, -0.1) is 0 Å². The molecule has 5 nitrogen and oxygen atoms in total. The Morgan fingerprint density at radius 2 is 1.54 bits per heavy atom. The van der Waals surface area contributed by atoms with E-state index in [2.05, 4.69) is 0 Å². The number of anilines is 1. The summed E-state index contributed by atoms with van der Waals surface area (Å²) in [5, 5.41) is 2.20. The van der Waals surface area contributed by atoms with Gasteiger partial charge in [-0.1, -0.05) is 83.9 Å². The molecular weight excluding hydrogens is 509 g/mol. The van der Waals surface area contributed by atoms with Crippen LogP contribution in [0.2, 0.25) is 10.0 Å². The summed E-state index contributed by atoms with van der Waals surface area (Å²) in [6.07, 6.45) is 0. The standard InChI is InChI=1S/C30H21Cl2NO4/c31-20-15-16-22(24(32)17-20)28(34)27-26(19-9-3-1-4-10-19)30(37-33(27)21-11-5-2-6-12-21)18-36-25-14-8-7-13-23(25)29(30)35/h1-17,26-27H,18H2/t26-,27+,30-/m1/s1. The minimum absolute atomic E-state index is 0.0517. The first kappa shape index (κ1) is 23.7. The second-order valence-corrected chi connectivity index (χ2v) is 9.92. The number of fused-ring (bicyclic) bond motifs is 1. The average Bonchev–Trinajstić information content (AvgIpc) is 3.27. The predicted molar refractivity (Wildman–Crippen MR) is 143 cm³/mol. The fourth-order valence-electron chi connectivity index (χ4n) is 5.24. The van der Waals surface area contributed by atoms with Crippen LogP contribution in [-0.2, 0) is 4.84 Å². The van der Waals surface area contributed by atoms with Gasteiger partial charge >= 0.3 is 0 Å². The number of ketones is 2. The number of hydrogen-bond acceptors (Lipinski definition) is 5. The lowest BCUT2D eigenvalue weighted by molar-refractivity contribution is -0.0376. The highest BCUT2D eigenvalue weighted by molar-refractivity contribution is 6.37. The van der Waals surface area contributed by atoms with E-state index >= 15 is 0 Å². The molecule has 2 heterocycles. The molecule has 0 N–H and O–H groups in total. The molecule has 0 radical (unpaired) electrons. The van der Waals surface area contributed by atoms with Crippen LogP contribution in [0.15, 0.2) is 103 Å². The number of hydroxylamine groups is 1. The Kier molecular flexibility index (Phi) is 6.00. The van der Waals surface area contributed by atoms with E-state index in [0.29, 0.717) is 27.6 Å². The molecule has 37 heavy (non-hydrogen) atoms. The number of benzene rings is 4. The molecule has 7 heteroatoms. The van der Waals surface area contributed by atoms with E-state index in [4.69, 9.17) is 32.8 Å². The highest BCUT2D eigenvalue weighted by Crippen LogP contribution is 2.51. The Bertz CT molecular complexity index is 1490. The molecule has 2 aliphatic rings. The molecule has 0 amide bonds. The van der Waals surface area contributed by atoms with E-state index in [0.717, 1.165) is 5.56 Å². The molecule has 1 fully saturated rings. The molecule has 3 atom stereocenters. The van der Waals surface area contributed by atoms with Crippen LogP contribution in [0, 0.1) is 0 Å². The average molecular weight is 530 g/mol. The Balaban J connectivity index is 1.58. The molecule has 4 aromatic carbocycles. The molecule has 1 spiro atoms. The van der Waals surface area contributed by atoms with Gasteiger partial charge in [0.2, 0.25) is 11.4 Å². The number of carbonyl (C=O) groups excluding carboxylic acids is 2. The monoisotopic (exact) mass is 529 g/mol. The van der Waals surface area contributed by atoms with Gasteiger partial charge in [-0.3, -0.25) is 14.4 Å². The first-order valence-corrected chi connectivity index (χ1v) is 12.6. The van der Waals surface area contributed by atoms with Crippen molar-refractivity contribution in [3.05, 3.63) is 130 Å². The zero-order valence-electron chi connectivity index (χ0n) is 19.5. The fourth-order valence-corrected chi connectivity index (χ4v) is 5.75. The number of Topliss-reactive ketones (excluding diaryl/α,β-unsaturated/α-hetero) is 2. The van der Waals surface area contributed by atoms with Crippen LogP contribution in [-0.4, -0.2) is 29.8 Å². The Hall–Kier alpha value is -3.64. The molecule has 1 saturated heterocycles. The van der Waals surface area contributed by atoms with E-state index < -0.39 is 17.6 Å². The highest BCUT2D eigenvalue weighted by Gasteiger charge is 2.64. The van der Waals surface area contributed by atoms with Crippen LogP contribution >= 0.6 is 23.2 Å². The zero-order chi connectivity index (χ0) is 25.6. The molecule has 6 rings (SSSR count). The van der Waals surface area contributed by atoms with Gasteiger partial charge in [0.05, 0.1) is 22.2 Å². The van der Waals surface area contributed by atoms with Crippen LogP contribution in [0.3, 0.4) is 0 Å². The minimum Gasteiger partial charge on any atom is -0.489 e. The summed E-state index contributed by atoms with van der Waals surface area (Å²) in [5.41, 5.74) is 0.643. The van der Waals surface area contributed by atoms with Gasteiger partial charge in [0.25, 0.3) is 0 Å². The number of nitrogens with zero attached hydrogens (tertiary/aromatic N) is 1. The van der Waals surface area contributed by atoms with Crippen molar-refractivity contribution >= 4 is 40.5 Å². The number of halogens is 2. The van der Waals surface area contributed by atoms with Gasteiger partial charge in [-0.25, -0.2) is 5.06 Å². The Morgan fingerprint density at radius 3 is 2.27 bits per heavy atom. The Morgan fingerprint density at radius 1 is 0.865 bits per heavy atom. The Labute approximate surface area is 224 Å². The van der Waals surface area contributed by atoms with E-state index in [9.17, 15) is 9.59 Å². The summed E-state index contributed by atoms with van der Waals surface area (Å²) in [4.78, 5) is 35.2. The van der Waals surface area contributed by atoms with Crippen LogP contribution in [0.25, 0.3) is 0 Å². The number of ether oxygens (including phenoxy) is 1. The van der Waals surface area contributed by atoms with Gasteiger partial charge < -0.3 is 4.74 Å². The van der Waals surface area contributed by atoms with Crippen molar-refractivity contribution in [1.29, 1.82) is 0 Å². The van der Waals surface area contributed by atoms with Crippen molar-refractivity contribution < 1.29 is 19.2 Å². The van der Waals surface area contributed by atoms with Crippen molar-refractivity contribution in [1.82, 2.24) is 0 Å². The summed E-state index contributed by atoms with van der Waals surface area (Å²) in [6, 6.07) is 29.7. The minimum atomic E-state index is -1.48. The maximum Gasteiger partial charge on any atom is 0.205 e. The molecule has 0 unspecified atom stereocenters. The molecule has 4 aromatic rings. The normalized spacial score (nSPS) is 22.5. The summed E-state index contributed by atoms with van der Waals surface area (Å²) in [7, 11) is 0. The number of para-hydroxylation sites is 2. The molecule has 184 valence electrons. The third-order valence-corrected chi connectivity index (χ3v) is 7.47. The van der Waals surface area contributed by atoms with Crippen LogP contribution in [0.4, 0.5) is 5.69 Å². The van der Waals surface area contributed by atoms with Crippen LogP contribution < -0.4 is 9.80 Å². The summed E-state index contributed by atoms with van der Waals surface area (Å²) >= 11 is 12.6. The lowest BCUT2D eigenvalue weighted by Crippen LogP contribution is -2.52. The maximum absolute atomic E-state index is 14.3. The summed E-state index contributed by atoms with van der Waals surface area (Å²) < 4.78 is 6.11. The smallest absolute Gasteiger partial charge is 0.205 e. The lowest BCUT2D eigenvalue weighted by atomic mass is 9.72. The topological polar surface area (TPSA) is 55.8 Å². The maximum atomic E-state index is 14.3. The third kappa shape index (κ3) is 3.91. The van der Waals surface area contributed by atoms with E-state index in [1.807, 2.05) is 66.7 Å². The first-order chi connectivity index (χ1) is 18.0. The molecule has 0 bridgehead atoms. The third-order valence-electron chi connectivity index (χ3n) is 6.92. The van der Waals surface area contributed by atoms with Crippen molar-refractivity contribution in [2.24, 2.45) is 0 Å². The summed E-state index contributed by atoms with van der Waals surface area (Å²) in [5.74, 6) is -0.728. The zero-order valence-corrected chi connectivity index (χ0v) is 21.0. The molecule has 0 aliphatic carbocycles. The van der Waals surface area contributed by atoms with E-state index in [-0.39, 0.29) is 23.2 Å². The van der Waals surface area contributed by atoms with Gasteiger partial charge in [0, 0.05) is 10.6 Å². The van der Waals surface area contributed by atoms with Crippen molar-refractivity contribution in [2.75, 3.05) is 11.7 Å². The number of carbonyl (C=O) groups is 2. The molecule has 0 aromatic heterocycles. The second-order valence-electron chi connectivity index (χ2n) is 9.08.